The number of ether oxygens (including phenoxy) is 2. The van der Waals surface area contributed by atoms with E-state index in [1.807, 2.05) is 6.07 Å². The van der Waals surface area contributed by atoms with E-state index in [-0.39, 0.29) is 49.4 Å². The maximum absolute atomic E-state index is 13.4. The van der Waals surface area contributed by atoms with Crippen molar-refractivity contribution in [3.8, 4) is 6.07 Å². The Morgan fingerprint density at radius 3 is 2.74 bits per heavy atom. The Morgan fingerprint density at radius 1 is 1.28 bits per heavy atom. The van der Waals surface area contributed by atoms with E-state index in [4.69, 9.17) is 25.9 Å². The summed E-state index contributed by atoms with van der Waals surface area (Å²) in [4.78, 5) is 48.0. The Bertz CT molecular complexity index is 1270. The van der Waals surface area contributed by atoms with E-state index in [1.54, 1.807) is 45.0 Å². The molecule has 3 amide bonds. The fourth-order valence-corrected chi connectivity index (χ4v) is 5.26. The lowest BCUT2D eigenvalue weighted by atomic mass is 10.1. The molecule has 0 saturated carbocycles. The summed E-state index contributed by atoms with van der Waals surface area (Å²) >= 11 is 7.37. The number of nitriles is 1. The van der Waals surface area contributed by atoms with Crippen LogP contribution in [-0.2, 0) is 30.5 Å². The molecule has 2 N–H and O–H groups in total. The van der Waals surface area contributed by atoms with Gasteiger partial charge in [0.15, 0.2) is 0 Å². The second-order valence-corrected chi connectivity index (χ2v) is 11.9. The molecule has 1 aromatic heterocycles. The first-order valence-corrected chi connectivity index (χ1v) is 13.6. The summed E-state index contributed by atoms with van der Waals surface area (Å²) in [6, 6.07) is 9.30. The highest BCUT2D eigenvalue weighted by molar-refractivity contribution is 7.16. The van der Waals surface area contributed by atoms with Crippen LogP contribution >= 0.6 is 22.9 Å². The van der Waals surface area contributed by atoms with Gasteiger partial charge in [-0.05, 0) is 57.5 Å². The van der Waals surface area contributed by atoms with Crippen molar-refractivity contribution in [3.63, 3.8) is 0 Å². The summed E-state index contributed by atoms with van der Waals surface area (Å²) in [5, 5.41) is 12.5. The third kappa shape index (κ3) is 7.46. The van der Waals surface area contributed by atoms with Crippen LogP contribution < -0.4 is 15.7 Å². The van der Waals surface area contributed by atoms with Crippen molar-refractivity contribution < 1.29 is 28.7 Å². The summed E-state index contributed by atoms with van der Waals surface area (Å²) in [5.74, 6) is -0.675. The molecule has 0 bridgehead atoms. The van der Waals surface area contributed by atoms with Gasteiger partial charge >= 0.3 is 6.09 Å². The minimum Gasteiger partial charge on any atom is -0.444 e. The smallest absolute Gasteiger partial charge is 0.411 e. The van der Waals surface area contributed by atoms with E-state index in [9.17, 15) is 19.6 Å². The van der Waals surface area contributed by atoms with Crippen LogP contribution in [0, 0.1) is 11.3 Å². The number of nitrogens with zero attached hydrogens (tertiary/aromatic N) is 3. The minimum absolute atomic E-state index is 0.0253. The molecule has 2 saturated heterocycles. The predicted octanol–water partition coefficient (Wildman–Crippen LogP) is 3.67. The predicted molar refractivity (Wildman–Crippen MR) is 145 cm³/mol. The van der Waals surface area contributed by atoms with Crippen LogP contribution in [0.4, 0.5) is 16.2 Å². The number of carbonyl (C=O) groups is 3. The molecule has 0 aliphatic carbocycles. The van der Waals surface area contributed by atoms with Crippen molar-refractivity contribution >= 4 is 52.2 Å². The number of halogens is 1. The highest BCUT2D eigenvalue weighted by Gasteiger charge is 2.42. The van der Waals surface area contributed by atoms with E-state index in [0.717, 1.165) is 4.88 Å². The normalized spacial score (nSPS) is 19.6. The maximum Gasteiger partial charge on any atom is 0.411 e. The Hall–Kier alpha value is -3.21. The number of hydrogen-bond acceptors (Lipinski definition) is 9. The molecule has 2 aliphatic heterocycles. The number of rotatable bonds is 7. The molecule has 2 fully saturated rings. The topological polar surface area (TPSA) is 133 Å². The Kier molecular flexibility index (Phi) is 9.09. The first-order chi connectivity index (χ1) is 18.5. The molecule has 3 heterocycles. The fraction of sp³-hybridized carbons (Fsp3) is 0.462. The van der Waals surface area contributed by atoms with Crippen molar-refractivity contribution in [2.75, 3.05) is 36.5 Å². The number of carbonyl (C=O) groups excluding carboxylic acids is 3. The second kappa shape index (κ2) is 12.3. The number of benzene rings is 1. The van der Waals surface area contributed by atoms with Crippen LogP contribution in [0.2, 0.25) is 4.34 Å². The molecule has 11 nitrogen and oxygen atoms in total. The number of nitrogens with one attached hydrogen (secondary N) is 2. The Labute approximate surface area is 235 Å². The van der Waals surface area contributed by atoms with Gasteiger partial charge in [-0.2, -0.15) is 10.7 Å². The molecule has 2 aliphatic rings. The summed E-state index contributed by atoms with van der Waals surface area (Å²) in [7, 11) is 0. The molecule has 4 rings (SSSR count). The Morgan fingerprint density at radius 2 is 2.08 bits per heavy atom. The summed E-state index contributed by atoms with van der Waals surface area (Å²) in [6.07, 6.45) is -0.364. The zero-order valence-corrected chi connectivity index (χ0v) is 23.4. The van der Waals surface area contributed by atoms with Gasteiger partial charge in [0.2, 0.25) is 5.91 Å². The van der Waals surface area contributed by atoms with E-state index in [2.05, 4.69) is 16.9 Å². The van der Waals surface area contributed by atoms with Gasteiger partial charge in [-0.1, -0.05) is 11.6 Å². The van der Waals surface area contributed by atoms with Gasteiger partial charge < -0.3 is 19.7 Å². The zero-order valence-electron chi connectivity index (χ0n) is 21.9. The summed E-state index contributed by atoms with van der Waals surface area (Å²) < 4.78 is 11.4. The van der Waals surface area contributed by atoms with E-state index in [1.165, 1.54) is 21.1 Å². The number of likely N-dealkylation sites (tertiary alicyclic amines) is 1. The SMILES string of the molecule is CC(C)(C)OC(=O)N1C[C@@H](NOCc2ccc(Cl)s2)CC1C(=O)Nc1ccc(N2CCOCC2=O)cc1C#N. The van der Waals surface area contributed by atoms with Gasteiger partial charge in [0.05, 0.1) is 28.2 Å². The van der Waals surface area contributed by atoms with Crippen LogP contribution in [0.5, 0.6) is 0 Å². The first-order valence-electron chi connectivity index (χ1n) is 12.4. The van der Waals surface area contributed by atoms with Crippen molar-refractivity contribution in [1.82, 2.24) is 10.4 Å². The lowest BCUT2D eigenvalue weighted by Gasteiger charge is -2.28. The van der Waals surface area contributed by atoms with Gasteiger partial charge in [-0.15, -0.1) is 11.3 Å². The van der Waals surface area contributed by atoms with E-state index >= 15 is 0 Å². The lowest BCUT2D eigenvalue weighted by molar-refractivity contribution is -0.125. The number of hydroxylamine groups is 1. The molecule has 1 unspecified atom stereocenters. The molecule has 2 atom stereocenters. The van der Waals surface area contributed by atoms with Crippen LogP contribution in [0.15, 0.2) is 30.3 Å². The Balaban J connectivity index is 1.46. The maximum atomic E-state index is 13.4. The molecule has 39 heavy (non-hydrogen) atoms. The van der Waals surface area contributed by atoms with Crippen LogP contribution in [-0.4, -0.2) is 66.8 Å². The average Bonchev–Trinajstić information content (AvgIpc) is 3.50. The van der Waals surface area contributed by atoms with Crippen molar-refractivity contribution in [2.45, 2.75) is 51.5 Å². The first kappa shape index (κ1) is 28.8. The highest BCUT2D eigenvalue weighted by Crippen LogP contribution is 2.27. The van der Waals surface area contributed by atoms with Crippen molar-refractivity contribution in [1.29, 1.82) is 5.26 Å². The van der Waals surface area contributed by atoms with Gasteiger partial charge in [0.25, 0.3) is 5.91 Å². The monoisotopic (exact) mass is 575 g/mol. The molecule has 13 heteroatoms. The van der Waals surface area contributed by atoms with Crippen LogP contribution in [0.3, 0.4) is 0 Å². The van der Waals surface area contributed by atoms with E-state index < -0.39 is 23.6 Å². The number of morpholine rings is 1. The van der Waals surface area contributed by atoms with Gasteiger partial charge in [-0.3, -0.25) is 19.3 Å². The van der Waals surface area contributed by atoms with Gasteiger partial charge in [0.1, 0.15) is 30.9 Å². The molecule has 0 spiro atoms. The average molecular weight is 576 g/mol. The number of anilines is 2. The highest BCUT2D eigenvalue weighted by atomic mass is 35.5. The lowest BCUT2D eigenvalue weighted by Crippen LogP contribution is -2.45. The van der Waals surface area contributed by atoms with Crippen molar-refractivity contribution in [2.24, 2.45) is 0 Å². The number of amides is 3. The molecule has 0 radical (unpaired) electrons. The van der Waals surface area contributed by atoms with Gasteiger partial charge in [0, 0.05) is 23.7 Å². The van der Waals surface area contributed by atoms with E-state index in [0.29, 0.717) is 23.2 Å². The minimum atomic E-state index is -0.871. The molecular weight excluding hydrogens is 546 g/mol. The fourth-order valence-electron chi connectivity index (χ4n) is 4.26. The number of hydrogen-bond donors (Lipinski definition) is 2. The summed E-state index contributed by atoms with van der Waals surface area (Å²) in [5.41, 5.74) is 3.20. The van der Waals surface area contributed by atoms with Crippen LogP contribution in [0.25, 0.3) is 0 Å². The quantitative estimate of drug-likeness (QED) is 0.478. The van der Waals surface area contributed by atoms with Crippen LogP contribution in [0.1, 0.15) is 37.6 Å². The van der Waals surface area contributed by atoms with Crippen molar-refractivity contribution in [3.05, 3.63) is 45.1 Å². The molecule has 1 aromatic carbocycles. The molecule has 2 aromatic rings. The number of thiophene rings is 1. The third-order valence-electron chi connectivity index (χ3n) is 6.00. The third-order valence-corrected chi connectivity index (χ3v) is 7.21. The second-order valence-electron chi connectivity index (χ2n) is 10.1. The largest absolute Gasteiger partial charge is 0.444 e. The standard InChI is InChI=1S/C26H30ClN5O6S/c1-26(2,3)38-25(35)32-13-17(30-37-14-19-5-7-22(27)39-19)11-21(32)24(34)29-20-6-4-18(10-16(20)12-28)31-8-9-36-15-23(31)33/h4-7,10,17,21,30H,8-9,11,13-15H2,1-3H3,(H,29,34)/t17-,21?/m0/s1. The summed E-state index contributed by atoms with van der Waals surface area (Å²) in [6.45, 7) is 6.46. The molecule has 208 valence electrons. The zero-order chi connectivity index (χ0) is 28.2. The molecular formula is C26H30ClN5O6S. The van der Waals surface area contributed by atoms with Gasteiger partial charge in [-0.25, -0.2) is 4.79 Å².